The number of aliphatic hydroxyl groups excluding tert-OH is 1. The fourth-order valence-electron chi connectivity index (χ4n) is 4.60. The molecule has 0 amide bonds. The Bertz CT molecular complexity index is 1190. The fourth-order valence-corrected chi connectivity index (χ4v) is 5.01. The monoisotopic (exact) mass is 476 g/mol. The summed E-state index contributed by atoms with van der Waals surface area (Å²) in [7, 11) is 2.28. The van der Waals surface area contributed by atoms with Crippen LogP contribution in [0.5, 0.6) is 0 Å². The molecule has 2 aromatic rings. The number of nitriles is 2. The Morgan fingerprint density at radius 3 is 2.00 bits per heavy atom. The van der Waals surface area contributed by atoms with Crippen molar-refractivity contribution in [2.45, 2.75) is 23.7 Å². The first-order valence-corrected chi connectivity index (χ1v) is 11.6. The summed E-state index contributed by atoms with van der Waals surface area (Å²) in [6.07, 6.45) is 1.91. The molecular weight excluding hydrogens is 452 g/mol. The predicted molar refractivity (Wildman–Crippen MR) is 126 cm³/mol. The molecule has 1 aliphatic carbocycles. The molecule has 0 aliphatic heterocycles. The second kappa shape index (κ2) is 10.0. The molecule has 8 heteroatoms. The van der Waals surface area contributed by atoms with Crippen molar-refractivity contribution in [2.75, 3.05) is 20.5 Å². The molecule has 0 fully saturated rings. The number of nitrogens with zero attached hydrogens (tertiary/aromatic N) is 2. The summed E-state index contributed by atoms with van der Waals surface area (Å²) in [5.41, 5.74) is -0.349. The molecule has 0 saturated heterocycles. The van der Waals surface area contributed by atoms with Crippen LogP contribution in [0.4, 0.5) is 0 Å². The first-order chi connectivity index (χ1) is 16.3. The van der Waals surface area contributed by atoms with Gasteiger partial charge in [-0.2, -0.15) is 10.5 Å². The largest absolute Gasteiger partial charge is 0.511 e. The van der Waals surface area contributed by atoms with E-state index < -0.39 is 40.9 Å². The molecule has 3 rings (SSSR count). The highest BCUT2D eigenvalue weighted by atomic mass is 32.2. The molecule has 0 radical (unpaired) electrons. The lowest BCUT2D eigenvalue weighted by Gasteiger charge is -2.44. The Labute approximate surface area is 202 Å². The van der Waals surface area contributed by atoms with Crippen molar-refractivity contribution in [3.8, 4) is 12.1 Å². The summed E-state index contributed by atoms with van der Waals surface area (Å²) in [6, 6.07) is 18.3. The molecule has 3 atom stereocenters. The van der Waals surface area contributed by atoms with Crippen molar-refractivity contribution in [1.29, 1.82) is 10.5 Å². The predicted octanol–water partition coefficient (Wildman–Crippen LogP) is 4.41. The van der Waals surface area contributed by atoms with Gasteiger partial charge in [0.05, 0.1) is 37.8 Å². The molecule has 0 bridgehead atoms. The highest BCUT2D eigenvalue weighted by Crippen LogP contribution is 2.59. The van der Waals surface area contributed by atoms with Crippen LogP contribution < -0.4 is 0 Å². The van der Waals surface area contributed by atoms with E-state index in [0.29, 0.717) is 11.1 Å². The molecule has 1 N–H and O–H groups in total. The van der Waals surface area contributed by atoms with Gasteiger partial charge in [-0.15, -0.1) is 11.8 Å². The molecule has 34 heavy (non-hydrogen) atoms. The van der Waals surface area contributed by atoms with Gasteiger partial charge >= 0.3 is 11.9 Å². The van der Waals surface area contributed by atoms with Crippen LogP contribution >= 0.6 is 11.8 Å². The van der Waals surface area contributed by atoms with E-state index in [4.69, 9.17) is 9.47 Å². The van der Waals surface area contributed by atoms with E-state index >= 15 is 0 Å². The van der Waals surface area contributed by atoms with Crippen LogP contribution in [0.15, 0.2) is 64.8 Å². The summed E-state index contributed by atoms with van der Waals surface area (Å²) in [5, 5.41) is 32.3. The van der Waals surface area contributed by atoms with E-state index in [1.807, 2.05) is 13.2 Å². The maximum Gasteiger partial charge on any atom is 0.337 e. The lowest BCUT2D eigenvalue weighted by Crippen LogP contribution is -2.47. The van der Waals surface area contributed by atoms with Gasteiger partial charge in [0, 0.05) is 10.8 Å². The number of benzene rings is 2. The first-order valence-electron chi connectivity index (χ1n) is 10.4. The minimum atomic E-state index is -1.94. The van der Waals surface area contributed by atoms with Gasteiger partial charge in [-0.25, -0.2) is 4.79 Å². The zero-order valence-corrected chi connectivity index (χ0v) is 20.1. The molecule has 0 spiro atoms. The van der Waals surface area contributed by atoms with E-state index in [-0.39, 0.29) is 5.57 Å². The second-order valence-electron chi connectivity index (χ2n) is 7.98. The van der Waals surface area contributed by atoms with Crippen LogP contribution in [0.3, 0.4) is 0 Å². The van der Waals surface area contributed by atoms with Gasteiger partial charge in [-0.3, -0.25) is 4.79 Å². The highest BCUT2D eigenvalue weighted by molar-refractivity contribution is 7.98. The van der Waals surface area contributed by atoms with Crippen molar-refractivity contribution < 1.29 is 24.2 Å². The van der Waals surface area contributed by atoms with Crippen molar-refractivity contribution in [3.63, 3.8) is 0 Å². The summed E-state index contributed by atoms with van der Waals surface area (Å²) >= 11 is 1.51. The van der Waals surface area contributed by atoms with E-state index in [1.165, 1.54) is 11.8 Å². The molecule has 2 aromatic carbocycles. The van der Waals surface area contributed by atoms with Crippen LogP contribution in [0, 0.1) is 40.9 Å². The Hall–Kier alpha value is -3.75. The van der Waals surface area contributed by atoms with E-state index in [9.17, 15) is 25.2 Å². The van der Waals surface area contributed by atoms with Crippen LogP contribution in [-0.4, -0.2) is 37.5 Å². The molecule has 0 saturated carbocycles. The minimum Gasteiger partial charge on any atom is -0.511 e. The number of esters is 2. The zero-order valence-electron chi connectivity index (χ0n) is 19.2. The summed E-state index contributed by atoms with van der Waals surface area (Å²) in [6.45, 7) is 1.88. The number of carbonyl (C=O) groups excluding carboxylic acids is 2. The fraction of sp³-hybridized carbons (Fsp3) is 0.308. The van der Waals surface area contributed by atoms with Crippen LogP contribution in [-0.2, 0) is 19.1 Å². The van der Waals surface area contributed by atoms with Gasteiger partial charge in [0.15, 0.2) is 5.41 Å². The van der Waals surface area contributed by atoms with E-state index in [1.54, 1.807) is 48.5 Å². The van der Waals surface area contributed by atoms with Gasteiger partial charge in [-0.1, -0.05) is 42.0 Å². The quantitative estimate of drug-likeness (QED) is 0.498. The third kappa shape index (κ3) is 4.02. The molecular formula is C26H24N2O5S. The van der Waals surface area contributed by atoms with Crippen molar-refractivity contribution in [1.82, 2.24) is 0 Å². The molecule has 7 nitrogen and oxygen atoms in total. The topological polar surface area (TPSA) is 120 Å². The molecule has 0 heterocycles. The van der Waals surface area contributed by atoms with Gasteiger partial charge in [0.2, 0.25) is 0 Å². The number of ether oxygens (including phenoxy) is 2. The van der Waals surface area contributed by atoms with Crippen molar-refractivity contribution in [2.24, 2.45) is 11.3 Å². The number of hydrogen-bond acceptors (Lipinski definition) is 8. The zero-order chi connectivity index (χ0) is 25.0. The smallest absolute Gasteiger partial charge is 0.337 e. The Balaban J connectivity index is 2.45. The van der Waals surface area contributed by atoms with Crippen LogP contribution in [0.25, 0.3) is 0 Å². The number of thioether (sulfide) groups is 1. The van der Waals surface area contributed by atoms with Gasteiger partial charge in [0.25, 0.3) is 0 Å². The lowest BCUT2D eigenvalue weighted by molar-refractivity contribution is -0.147. The standard InChI is InChI=1S/C26H24N2O5S/c1-15-5-7-16(8-6-15)21-19(24(30)32-2)23(29)20(25(31)33-3)22(26(21,13-27)14-28)17-9-11-18(34-4)12-10-17/h5-12,19,21-22,29H,1-4H3/t19-,21-,22+/m0/s1. The van der Waals surface area contributed by atoms with Crippen LogP contribution in [0.1, 0.15) is 28.5 Å². The molecule has 0 unspecified atom stereocenters. The number of rotatable bonds is 5. The number of carbonyl (C=O) groups is 2. The maximum absolute atomic E-state index is 12.9. The Morgan fingerprint density at radius 1 is 0.971 bits per heavy atom. The number of hydrogen-bond donors (Lipinski definition) is 1. The normalized spacial score (nSPS) is 21.2. The average molecular weight is 477 g/mol. The van der Waals surface area contributed by atoms with E-state index in [2.05, 4.69) is 12.1 Å². The number of aliphatic hydroxyl groups is 1. The third-order valence-electron chi connectivity index (χ3n) is 6.25. The third-order valence-corrected chi connectivity index (χ3v) is 7.00. The number of aryl methyl sites for hydroxylation is 1. The minimum absolute atomic E-state index is 0.304. The maximum atomic E-state index is 12.9. The van der Waals surface area contributed by atoms with Crippen molar-refractivity contribution >= 4 is 23.7 Å². The summed E-state index contributed by atoms with van der Waals surface area (Å²) in [5.74, 6) is -6.11. The second-order valence-corrected chi connectivity index (χ2v) is 8.86. The van der Waals surface area contributed by atoms with Gasteiger partial charge in [-0.05, 0) is 36.4 Å². The van der Waals surface area contributed by atoms with Crippen LogP contribution in [0.2, 0.25) is 0 Å². The van der Waals surface area contributed by atoms with Gasteiger partial charge in [0.1, 0.15) is 11.7 Å². The SMILES string of the molecule is COC(=O)C1=C(O)[C@@H](C(=O)OC)[C@H](c2ccc(C)cc2)C(C#N)(C#N)[C@@H]1c1ccc(SC)cc1. The number of methoxy groups -OCH3 is 2. The summed E-state index contributed by atoms with van der Waals surface area (Å²) < 4.78 is 9.87. The van der Waals surface area contributed by atoms with Gasteiger partial charge < -0.3 is 14.6 Å². The lowest BCUT2D eigenvalue weighted by atomic mass is 9.54. The Kier molecular flexibility index (Phi) is 7.34. The molecule has 1 aliphatic rings. The summed E-state index contributed by atoms with van der Waals surface area (Å²) in [4.78, 5) is 26.8. The van der Waals surface area contributed by atoms with Crippen molar-refractivity contribution in [3.05, 3.63) is 76.6 Å². The highest BCUT2D eigenvalue weighted by Gasteiger charge is 2.61. The first kappa shape index (κ1) is 24.9. The molecule has 174 valence electrons. The molecule has 0 aromatic heterocycles. The van der Waals surface area contributed by atoms with E-state index in [0.717, 1.165) is 24.7 Å². The Morgan fingerprint density at radius 2 is 1.53 bits per heavy atom. The average Bonchev–Trinajstić information content (AvgIpc) is 2.87.